The van der Waals surface area contributed by atoms with Gasteiger partial charge in [-0.15, -0.1) is 0 Å². The molecule has 0 aromatic heterocycles. The van der Waals surface area contributed by atoms with Crippen molar-refractivity contribution in [3.8, 4) is 11.5 Å². The molecule has 3 N–H and O–H groups in total. The highest BCUT2D eigenvalue weighted by atomic mass is 16.3. The van der Waals surface area contributed by atoms with Crippen molar-refractivity contribution < 1.29 is 20.1 Å². The second-order valence-corrected chi connectivity index (χ2v) is 5.54. The fourth-order valence-electron chi connectivity index (χ4n) is 2.78. The van der Waals surface area contributed by atoms with Crippen LogP contribution in [0.5, 0.6) is 11.5 Å². The number of hydrogen-bond acceptors (Lipinski definition) is 4. The number of phenolic OH excluding ortho intramolecular Hbond substituents is 2. The number of carbonyl (C=O) groups excluding carboxylic acids is 1. The van der Waals surface area contributed by atoms with Crippen LogP contribution in [0.15, 0.2) is 12.1 Å². The average molecular weight is 279 g/mol. The molecule has 0 spiro atoms. The third kappa shape index (κ3) is 2.58. The van der Waals surface area contributed by atoms with Gasteiger partial charge in [0.15, 0.2) is 0 Å². The minimum absolute atomic E-state index is 0.00631. The maximum Gasteiger partial charge on any atom is 0.229 e. The highest BCUT2D eigenvalue weighted by Gasteiger charge is 2.32. The fraction of sp³-hybridized carbons (Fsp3) is 0.533. The first-order valence-corrected chi connectivity index (χ1v) is 6.93. The molecule has 5 nitrogen and oxygen atoms in total. The van der Waals surface area contributed by atoms with Gasteiger partial charge in [0.05, 0.1) is 5.69 Å². The molecule has 20 heavy (non-hydrogen) atoms. The zero-order valence-corrected chi connectivity index (χ0v) is 11.8. The van der Waals surface area contributed by atoms with Crippen LogP contribution in [0.25, 0.3) is 0 Å². The summed E-state index contributed by atoms with van der Waals surface area (Å²) in [6, 6.07) is 2.80. The number of aliphatic hydroxyl groups is 1. The molecule has 0 saturated carbocycles. The Bertz CT molecular complexity index is 513. The van der Waals surface area contributed by atoms with Gasteiger partial charge in [-0.1, -0.05) is 13.8 Å². The highest BCUT2D eigenvalue weighted by molar-refractivity contribution is 5.96. The Kier molecular flexibility index (Phi) is 4.18. The van der Waals surface area contributed by atoms with Crippen LogP contribution >= 0.6 is 0 Å². The molecule has 0 bridgehead atoms. The molecule has 1 aliphatic rings. The first-order chi connectivity index (χ1) is 9.45. The van der Waals surface area contributed by atoms with Gasteiger partial charge in [0, 0.05) is 36.8 Å². The molecule has 0 fully saturated rings. The van der Waals surface area contributed by atoms with E-state index in [9.17, 15) is 15.0 Å². The van der Waals surface area contributed by atoms with Crippen molar-refractivity contribution in [3.05, 3.63) is 17.7 Å². The number of carbonyl (C=O) groups is 1. The predicted molar refractivity (Wildman–Crippen MR) is 76.0 cm³/mol. The van der Waals surface area contributed by atoms with Gasteiger partial charge in [-0.2, -0.15) is 0 Å². The van der Waals surface area contributed by atoms with Gasteiger partial charge in [0.1, 0.15) is 11.5 Å². The molecule has 110 valence electrons. The number of benzene rings is 1. The van der Waals surface area contributed by atoms with Gasteiger partial charge in [-0.25, -0.2) is 0 Å². The van der Waals surface area contributed by atoms with Crippen molar-refractivity contribution in [1.29, 1.82) is 0 Å². The Morgan fingerprint density at radius 3 is 2.70 bits per heavy atom. The normalized spacial score (nSPS) is 18.2. The topological polar surface area (TPSA) is 81.0 Å². The SMILES string of the molecule is CC(C)C(=O)N1CC[C@@H](CCO)c2c(O)cc(O)cc21. The van der Waals surface area contributed by atoms with Gasteiger partial charge in [0.2, 0.25) is 5.91 Å². The molecule has 0 radical (unpaired) electrons. The summed E-state index contributed by atoms with van der Waals surface area (Å²) in [6.07, 6.45) is 1.24. The number of nitrogens with zero attached hydrogens (tertiary/aromatic N) is 1. The minimum Gasteiger partial charge on any atom is -0.508 e. The van der Waals surface area contributed by atoms with Crippen molar-refractivity contribution in [2.24, 2.45) is 5.92 Å². The summed E-state index contributed by atoms with van der Waals surface area (Å²) in [4.78, 5) is 13.9. The van der Waals surface area contributed by atoms with E-state index in [1.807, 2.05) is 13.8 Å². The number of phenols is 2. The second kappa shape index (κ2) is 5.71. The lowest BCUT2D eigenvalue weighted by atomic mass is 9.86. The van der Waals surface area contributed by atoms with Crippen LogP contribution in [-0.2, 0) is 4.79 Å². The van der Waals surface area contributed by atoms with E-state index in [0.717, 1.165) is 0 Å². The lowest BCUT2D eigenvalue weighted by Gasteiger charge is -2.35. The largest absolute Gasteiger partial charge is 0.508 e. The number of aromatic hydroxyl groups is 2. The van der Waals surface area contributed by atoms with Gasteiger partial charge in [-0.05, 0) is 18.8 Å². The molecule has 2 rings (SSSR count). The molecule has 0 saturated heterocycles. The van der Waals surface area contributed by atoms with Gasteiger partial charge in [0.25, 0.3) is 0 Å². The highest BCUT2D eigenvalue weighted by Crippen LogP contribution is 2.44. The number of rotatable bonds is 3. The summed E-state index contributed by atoms with van der Waals surface area (Å²) in [5.74, 6) is -0.251. The Hall–Kier alpha value is -1.75. The monoisotopic (exact) mass is 279 g/mol. The van der Waals surface area contributed by atoms with Crippen molar-refractivity contribution in [1.82, 2.24) is 0 Å². The third-order valence-electron chi connectivity index (χ3n) is 3.76. The summed E-state index contributed by atoms with van der Waals surface area (Å²) >= 11 is 0. The fourth-order valence-corrected chi connectivity index (χ4v) is 2.78. The quantitative estimate of drug-likeness (QED) is 0.790. The molecule has 1 atom stereocenters. The molecule has 1 aliphatic heterocycles. The molecule has 1 heterocycles. The van der Waals surface area contributed by atoms with E-state index in [-0.39, 0.29) is 35.8 Å². The number of amides is 1. The Morgan fingerprint density at radius 1 is 1.40 bits per heavy atom. The molecule has 1 amide bonds. The van der Waals surface area contributed by atoms with E-state index < -0.39 is 0 Å². The van der Waals surface area contributed by atoms with Crippen LogP contribution in [0.3, 0.4) is 0 Å². The predicted octanol–water partition coefficient (Wildman–Crippen LogP) is 1.96. The summed E-state index contributed by atoms with van der Waals surface area (Å²) in [5, 5.41) is 28.9. The number of fused-ring (bicyclic) bond motifs is 1. The van der Waals surface area contributed by atoms with E-state index in [4.69, 9.17) is 5.11 Å². The second-order valence-electron chi connectivity index (χ2n) is 5.54. The maximum absolute atomic E-state index is 12.3. The van der Waals surface area contributed by atoms with Crippen molar-refractivity contribution >= 4 is 11.6 Å². The number of hydrogen-bond donors (Lipinski definition) is 3. The molecular weight excluding hydrogens is 258 g/mol. The summed E-state index contributed by atoms with van der Waals surface area (Å²) in [5.41, 5.74) is 1.21. The molecule has 1 aromatic rings. The zero-order valence-electron chi connectivity index (χ0n) is 11.8. The molecule has 0 aliphatic carbocycles. The summed E-state index contributed by atoms with van der Waals surface area (Å²) in [6.45, 7) is 4.22. The number of anilines is 1. The zero-order chi connectivity index (χ0) is 14.9. The molecule has 1 aromatic carbocycles. The maximum atomic E-state index is 12.3. The smallest absolute Gasteiger partial charge is 0.229 e. The number of aliphatic hydroxyl groups excluding tert-OH is 1. The molecular formula is C15H21NO4. The van der Waals surface area contributed by atoms with Crippen LogP contribution in [-0.4, -0.2) is 34.4 Å². The van der Waals surface area contributed by atoms with Crippen LogP contribution in [0, 0.1) is 5.92 Å². The minimum atomic E-state index is -0.151. The van der Waals surface area contributed by atoms with Gasteiger partial charge >= 0.3 is 0 Å². The van der Waals surface area contributed by atoms with Gasteiger partial charge in [-0.3, -0.25) is 4.79 Å². The van der Waals surface area contributed by atoms with Crippen LogP contribution in [0.1, 0.15) is 38.2 Å². The van der Waals surface area contributed by atoms with Crippen LogP contribution in [0.4, 0.5) is 5.69 Å². The molecule has 5 heteroatoms. The van der Waals surface area contributed by atoms with Crippen molar-refractivity contribution in [3.63, 3.8) is 0 Å². The molecule has 0 unspecified atom stereocenters. The lowest BCUT2D eigenvalue weighted by molar-refractivity contribution is -0.121. The average Bonchev–Trinajstić information content (AvgIpc) is 2.37. The van der Waals surface area contributed by atoms with Crippen molar-refractivity contribution in [2.45, 2.75) is 32.6 Å². The Balaban J connectivity index is 2.49. The summed E-state index contributed by atoms with van der Waals surface area (Å²) < 4.78 is 0. The Morgan fingerprint density at radius 2 is 2.10 bits per heavy atom. The van der Waals surface area contributed by atoms with Crippen molar-refractivity contribution in [2.75, 3.05) is 18.1 Å². The van der Waals surface area contributed by atoms with Gasteiger partial charge < -0.3 is 20.2 Å². The van der Waals surface area contributed by atoms with E-state index in [2.05, 4.69) is 0 Å². The van der Waals surface area contributed by atoms with E-state index >= 15 is 0 Å². The van der Waals surface area contributed by atoms with E-state index in [1.54, 1.807) is 4.90 Å². The first kappa shape index (κ1) is 14.7. The first-order valence-electron chi connectivity index (χ1n) is 6.93. The lowest BCUT2D eigenvalue weighted by Crippen LogP contribution is -2.39. The van der Waals surface area contributed by atoms with Crippen LogP contribution in [0.2, 0.25) is 0 Å². The van der Waals surface area contributed by atoms with Crippen LogP contribution < -0.4 is 4.90 Å². The van der Waals surface area contributed by atoms with E-state index in [0.29, 0.717) is 30.6 Å². The Labute approximate surface area is 118 Å². The standard InChI is InChI=1S/C15H21NO4/c1-9(2)15(20)16-5-3-10(4-6-17)14-12(16)7-11(18)8-13(14)19/h7-10,17-19H,3-6H2,1-2H3/t10-/m0/s1. The summed E-state index contributed by atoms with van der Waals surface area (Å²) in [7, 11) is 0. The van der Waals surface area contributed by atoms with E-state index in [1.165, 1.54) is 12.1 Å². The third-order valence-corrected chi connectivity index (χ3v) is 3.76.